The summed E-state index contributed by atoms with van der Waals surface area (Å²) in [6.45, 7) is 7.94. The van der Waals surface area contributed by atoms with Crippen molar-refractivity contribution in [3.05, 3.63) is 0 Å². The topological polar surface area (TPSA) is 37.4 Å². The number of carbonyl (C=O) groups is 2. The van der Waals surface area contributed by atoms with Gasteiger partial charge in [0.05, 0.1) is 0 Å². The zero-order valence-electron chi connectivity index (χ0n) is 10.9. The van der Waals surface area contributed by atoms with E-state index in [-0.39, 0.29) is 11.7 Å². The van der Waals surface area contributed by atoms with Crippen molar-refractivity contribution in [2.75, 3.05) is 25.1 Å². The molecule has 0 N–H and O–H groups in total. The summed E-state index contributed by atoms with van der Waals surface area (Å²) in [4.78, 5) is 23.1. The first-order valence-electron chi connectivity index (χ1n) is 5.49. The average Bonchev–Trinajstić information content (AvgIpc) is 2.25. The Balaban J connectivity index is 0. The Morgan fingerprint density at radius 1 is 1.06 bits per heavy atom. The summed E-state index contributed by atoms with van der Waals surface area (Å²) in [7, 11) is 5.20. The maximum absolute atomic E-state index is 10.8. The molecule has 0 aliphatic carbocycles. The van der Waals surface area contributed by atoms with Gasteiger partial charge in [0, 0.05) is 38.4 Å². The van der Waals surface area contributed by atoms with E-state index < -0.39 is 0 Å². The third-order valence-corrected chi connectivity index (χ3v) is 4.06. The van der Waals surface area contributed by atoms with E-state index in [1.54, 1.807) is 47.4 Å². The van der Waals surface area contributed by atoms with Crippen LogP contribution >= 0.6 is 21.6 Å². The van der Waals surface area contributed by atoms with Crippen molar-refractivity contribution >= 4 is 33.3 Å². The maximum Gasteiger partial charge on any atom is 0.219 e. The quantitative estimate of drug-likeness (QED) is 0.524. The van der Waals surface area contributed by atoms with Gasteiger partial charge in [-0.15, -0.1) is 0 Å². The fourth-order valence-corrected chi connectivity index (χ4v) is 2.77. The Kier molecular flexibility index (Phi) is 14.7. The molecule has 0 aromatic carbocycles. The van der Waals surface area contributed by atoms with E-state index in [9.17, 15) is 9.59 Å². The van der Waals surface area contributed by atoms with Gasteiger partial charge in [-0.3, -0.25) is 9.59 Å². The number of hydrogen-bond donors (Lipinski definition) is 0. The van der Waals surface area contributed by atoms with Crippen LogP contribution in [0.5, 0.6) is 0 Å². The zero-order valence-corrected chi connectivity index (χ0v) is 12.5. The highest BCUT2D eigenvalue weighted by molar-refractivity contribution is 8.76. The molecule has 3 nitrogen and oxygen atoms in total. The SMILES string of the molecule is CC.CC(=O)CCSSCCN(C)C(C)=O. The van der Waals surface area contributed by atoms with Gasteiger partial charge in [0.2, 0.25) is 5.91 Å². The minimum atomic E-state index is 0.0966. The fraction of sp³-hybridized carbons (Fsp3) is 0.818. The van der Waals surface area contributed by atoms with Crippen molar-refractivity contribution in [1.29, 1.82) is 0 Å². The third kappa shape index (κ3) is 13.8. The molecular formula is C11H23NO2S2. The van der Waals surface area contributed by atoms with Gasteiger partial charge in [0.1, 0.15) is 5.78 Å². The van der Waals surface area contributed by atoms with Gasteiger partial charge in [-0.25, -0.2) is 0 Å². The predicted octanol–water partition coefficient (Wildman–Crippen LogP) is 2.85. The Morgan fingerprint density at radius 2 is 1.56 bits per heavy atom. The molecule has 1 amide bonds. The average molecular weight is 265 g/mol. The molecule has 0 saturated heterocycles. The Morgan fingerprint density at radius 3 is 2.00 bits per heavy atom. The number of rotatable bonds is 7. The number of Topliss-reactive ketones (excluding diaryl/α,β-unsaturated/α-hetero) is 1. The van der Waals surface area contributed by atoms with E-state index in [0.717, 1.165) is 18.1 Å². The lowest BCUT2D eigenvalue weighted by Crippen LogP contribution is -2.25. The molecule has 0 spiro atoms. The third-order valence-electron chi connectivity index (χ3n) is 1.67. The molecule has 96 valence electrons. The van der Waals surface area contributed by atoms with Crippen LogP contribution in [0.4, 0.5) is 0 Å². The summed E-state index contributed by atoms with van der Waals surface area (Å²) >= 11 is 0. The molecule has 0 heterocycles. The maximum atomic E-state index is 10.8. The molecule has 0 aliphatic rings. The monoisotopic (exact) mass is 265 g/mol. The first-order valence-corrected chi connectivity index (χ1v) is 7.98. The molecule has 0 aliphatic heterocycles. The van der Waals surface area contributed by atoms with Gasteiger partial charge in [-0.1, -0.05) is 35.4 Å². The highest BCUT2D eigenvalue weighted by Gasteiger charge is 2.01. The minimum absolute atomic E-state index is 0.0966. The zero-order chi connectivity index (χ0) is 13.0. The first-order chi connectivity index (χ1) is 7.54. The lowest BCUT2D eigenvalue weighted by Gasteiger charge is -2.13. The Bertz CT molecular complexity index is 198. The lowest BCUT2D eigenvalue weighted by atomic mass is 10.4. The standard InChI is InChI=1S/C9H17NO2S2.C2H6/c1-8(11)4-6-13-14-7-5-10(3)9(2)12;1-2/h4-7H2,1-3H3;1-2H3. The summed E-state index contributed by atoms with van der Waals surface area (Å²) in [5.41, 5.74) is 0. The molecule has 0 saturated carbocycles. The second-order valence-corrected chi connectivity index (χ2v) is 5.74. The van der Waals surface area contributed by atoms with Crippen LogP contribution in [0.15, 0.2) is 0 Å². The minimum Gasteiger partial charge on any atom is -0.345 e. The van der Waals surface area contributed by atoms with Crippen molar-refractivity contribution in [1.82, 2.24) is 4.90 Å². The van der Waals surface area contributed by atoms with E-state index in [0.29, 0.717) is 6.42 Å². The molecule has 0 radical (unpaired) electrons. The molecule has 0 fully saturated rings. The highest BCUT2D eigenvalue weighted by Crippen LogP contribution is 2.21. The van der Waals surface area contributed by atoms with Crippen LogP contribution < -0.4 is 0 Å². The molecule has 5 heteroatoms. The van der Waals surface area contributed by atoms with Crippen molar-refractivity contribution < 1.29 is 9.59 Å². The van der Waals surface area contributed by atoms with Crippen LogP contribution in [0, 0.1) is 0 Å². The number of carbonyl (C=O) groups excluding carboxylic acids is 2. The molecule has 0 unspecified atom stereocenters. The van der Waals surface area contributed by atoms with Crippen molar-refractivity contribution in [2.45, 2.75) is 34.1 Å². The molecule has 0 atom stereocenters. The van der Waals surface area contributed by atoms with Crippen LogP contribution in [-0.2, 0) is 9.59 Å². The summed E-state index contributed by atoms with van der Waals surface area (Å²) in [5.74, 6) is 2.11. The van der Waals surface area contributed by atoms with Crippen molar-refractivity contribution in [3.8, 4) is 0 Å². The molecule has 0 aromatic heterocycles. The molecule has 16 heavy (non-hydrogen) atoms. The Hall–Kier alpha value is -0.160. The van der Waals surface area contributed by atoms with Crippen molar-refractivity contribution in [3.63, 3.8) is 0 Å². The van der Waals surface area contributed by atoms with Gasteiger partial charge in [-0.05, 0) is 6.92 Å². The molecule has 0 rings (SSSR count). The van der Waals surface area contributed by atoms with Gasteiger partial charge in [-0.2, -0.15) is 0 Å². The first kappa shape index (κ1) is 18.2. The second-order valence-electron chi connectivity index (χ2n) is 3.04. The predicted molar refractivity (Wildman–Crippen MR) is 74.9 cm³/mol. The van der Waals surface area contributed by atoms with E-state index in [2.05, 4.69) is 0 Å². The Labute approximate surface area is 107 Å². The highest BCUT2D eigenvalue weighted by atomic mass is 33.1. The summed E-state index contributed by atoms with van der Waals surface area (Å²) in [6.07, 6.45) is 0.639. The smallest absolute Gasteiger partial charge is 0.219 e. The number of ketones is 1. The summed E-state index contributed by atoms with van der Waals surface area (Å²) in [6, 6.07) is 0. The van der Waals surface area contributed by atoms with Gasteiger partial charge in [0.25, 0.3) is 0 Å². The van der Waals surface area contributed by atoms with E-state index in [4.69, 9.17) is 0 Å². The normalized spacial score (nSPS) is 9.06. The van der Waals surface area contributed by atoms with Crippen LogP contribution in [-0.4, -0.2) is 41.7 Å². The van der Waals surface area contributed by atoms with Crippen molar-refractivity contribution in [2.24, 2.45) is 0 Å². The van der Waals surface area contributed by atoms with E-state index >= 15 is 0 Å². The number of nitrogens with zero attached hydrogens (tertiary/aromatic N) is 1. The van der Waals surface area contributed by atoms with E-state index in [1.165, 1.54) is 0 Å². The molecule has 0 aromatic rings. The largest absolute Gasteiger partial charge is 0.345 e. The number of amides is 1. The summed E-state index contributed by atoms with van der Waals surface area (Å²) in [5, 5.41) is 0. The molecular weight excluding hydrogens is 242 g/mol. The lowest BCUT2D eigenvalue weighted by molar-refractivity contribution is -0.127. The van der Waals surface area contributed by atoms with Gasteiger partial charge < -0.3 is 4.90 Å². The van der Waals surface area contributed by atoms with Crippen LogP contribution in [0.2, 0.25) is 0 Å². The second kappa shape index (κ2) is 12.9. The summed E-state index contributed by atoms with van der Waals surface area (Å²) < 4.78 is 0. The fourth-order valence-electron chi connectivity index (χ4n) is 0.635. The van der Waals surface area contributed by atoms with E-state index in [1.807, 2.05) is 13.8 Å². The van der Waals surface area contributed by atoms with Crippen LogP contribution in [0.25, 0.3) is 0 Å². The van der Waals surface area contributed by atoms with Crippen LogP contribution in [0.1, 0.15) is 34.1 Å². The number of hydrogen-bond acceptors (Lipinski definition) is 4. The van der Waals surface area contributed by atoms with Gasteiger partial charge in [0.15, 0.2) is 0 Å². The van der Waals surface area contributed by atoms with Crippen LogP contribution in [0.3, 0.4) is 0 Å². The van der Waals surface area contributed by atoms with Gasteiger partial charge >= 0.3 is 0 Å². The molecule has 0 bridgehead atoms.